The highest BCUT2D eigenvalue weighted by Gasteiger charge is 2.19. The number of carbonyl (C=O) groups is 1. The Hall–Kier alpha value is -2.89. The fraction of sp³-hybridized carbons (Fsp3) is 0.278. The van der Waals surface area contributed by atoms with Crippen molar-refractivity contribution in [3.05, 3.63) is 65.5 Å². The third kappa shape index (κ3) is 3.71. The third-order valence-electron chi connectivity index (χ3n) is 3.73. The predicted molar refractivity (Wildman–Crippen MR) is 91.0 cm³/mol. The molecule has 0 aliphatic carbocycles. The Morgan fingerprint density at radius 3 is 2.79 bits per heavy atom. The van der Waals surface area contributed by atoms with Gasteiger partial charge in [-0.3, -0.25) is 9.89 Å². The Kier molecular flexibility index (Phi) is 4.74. The molecular weight excluding hydrogens is 304 g/mol. The highest BCUT2D eigenvalue weighted by molar-refractivity contribution is 6.03. The molecule has 0 saturated carbocycles. The first-order chi connectivity index (χ1) is 11.6. The van der Waals surface area contributed by atoms with Gasteiger partial charge in [0.05, 0.1) is 0 Å². The van der Waals surface area contributed by atoms with Crippen molar-refractivity contribution in [1.29, 1.82) is 0 Å². The van der Waals surface area contributed by atoms with Crippen molar-refractivity contribution in [2.45, 2.75) is 32.6 Å². The van der Waals surface area contributed by atoms with Gasteiger partial charge in [-0.15, -0.1) is 0 Å². The number of hydrogen-bond acceptors (Lipinski definition) is 4. The SMILES string of the molecule is CC(C)c1ocnc1C(=O)Nc1cc(CCc2ccccc2)[nH]n1. The van der Waals surface area contributed by atoms with Crippen LogP contribution in [0.15, 0.2) is 47.2 Å². The molecule has 3 rings (SSSR count). The summed E-state index contributed by atoms with van der Waals surface area (Å²) in [7, 11) is 0. The molecule has 1 aromatic carbocycles. The van der Waals surface area contributed by atoms with E-state index >= 15 is 0 Å². The second-order valence-corrected chi connectivity index (χ2v) is 5.94. The standard InChI is InChI=1S/C18H20N4O2/c1-12(2)17-16(19-11-24-17)18(23)20-15-10-14(21-22-15)9-8-13-6-4-3-5-7-13/h3-7,10-12H,8-9H2,1-2H3,(H2,20,21,22,23). The lowest BCUT2D eigenvalue weighted by atomic mass is 10.1. The van der Waals surface area contributed by atoms with Crippen molar-refractivity contribution < 1.29 is 9.21 Å². The number of rotatable bonds is 6. The van der Waals surface area contributed by atoms with E-state index in [1.807, 2.05) is 38.1 Å². The van der Waals surface area contributed by atoms with Crippen LogP contribution in [0.2, 0.25) is 0 Å². The van der Waals surface area contributed by atoms with E-state index in [-0.39, 0.29) is 11.8 Å². The van der Waals surface area contributed by atoms with Crippen molar-refractivity contribution in [2.24, 2.45) is 0 Å². The van der Waals surface area contributed by atoms with Crippen LogP contribution >= 0.6 is 0 Å². The highest BCUT2D eigenvalue weighted by Crippen LogP contribution is 2.19. The summed E-state index contributed by atoms with van der Waals surface area (Å²) in [6, 6.07) is 12.1. The lowest BCUT2D eigenvalue weighted by Crippen LogP contribution is -2.15. The molecule has 0 atom stereocenters. The van der Waals surface area contributed by atoms with Gasteiger partial charge in [0.15, 0.2) is 17.9 Å². The van der Waals surface area contributed by atoms with E-state index in [0.29, 0.717) is 17.3 Å². The van der Waals surface area contributed by atoms with Gasteiger partial charge in [-0.2, -0.15) is 5.10 Å². The largest absolute Gasteiger partial charge is 0.447 e. The predicted octanol–water partition coefficient (Wildman–Crippen LogP) is 3.56. The molecule has 2 N–H and O–H groups in total. The van der Waals surface area contributed by atoms with E-state index in [0.717, 1.165) is 18.5 Å². The van der Waals surface area contributed by atoms with Gasteiger partial charge in [0, 0.05) is 17.7 Å². The molecule has 124 valence electrons. The second kappa shape index (κ2) is 7.12. The second-order valence-electron chi connectivity index (χ2n) is 5.94. The maximum absolute atomic E-state index is 12.3. The molecule has 0 saturated heterocycles. The number of nitrogens with zero attached hydrogens (tertiary/aromatic N) is 2. The van der Waals surface area contributed by atoms with Gasteiger partial charge in [0.1, 0.15) is 5.76 Å². The van der Waals surface area contributed by atoms with Gasteiger partial charge in [0.2, 0.25) is 0 Å². The molecule has 0 aliphatic rings. The number of hydrogen-bond donors (Lipinski definition) is 2. The molecule has 1 amide bonds. The topological polar surface area (TPSA) is 83.8 Å². The zero-order valence-electron chi connectivity index (χ0n) is 13.7. The Bertz CT molecular complexity index is 805. The lowest BCUT2D eigenvalue weighted by Gasteiger charge is -2.03. The molecule has 0 bridgehead atoms. The summed E-state index contributed by atoms with van der Waals surface area (Å²) in [5, 5.41) is 9.85. The van der Waals surface area contributed by atoms with E-state index in [1.165, 1.54) is 12.0 Å². The van der Waals surface area contributed by atoms with Crippen LogP contribution in [0.4, 0.5) is 5.82 Å². The van der Waals surface area contributed by atoms with Gasteiger partial charge in [-0.1, -0.05) is 44.2 Å². The molecule has 24 heavy (non-hydrogen) atoms. The van der Waals surface area contributed by atoms with Crippen LogP contribution in [-0.2, 0) is 12.8 Å². The molecule has 6 nitrogen and oxygen atoms in total. The van der Waals surface area contributed by atoms with Crippen LogP contribution in [0.3, 0.4) is 0 Å². The summed E-state index contributed by atoms with van der Waals surface area (Å²) >= 11 is 0. The van der Waals surface area contributed by atoms with Crippen molar-refractivity contribution in [3.63, 3.8) is 0 Å². The fourth-order valence-corrected chi connectivity index (χ4v) is 2.49. The molecule has 2 aromatic heterocycles. The first kappa shape index (κ1) is 16.0. The Morgan fingerprint density at radius 2 is 2.04 bits per heavy atom. The molecule has 6 heteroatoms. The number of aromatic nitrogens is 3. The van der Waals surface area contributed by atoms with Crippen molar-refractivity contribution in [2.75, 3.05) is 5.32 Å². The molecule has 0 aliphatic heterocycles. The van der Waals surface area contributed by atoms with Gasteiger partial charge >= 0.3 is 0 Å². The van der Waals surface area contributed by atoms with Crippen molar-refractivity contribution in [1.82, 2.24) is 15.2 Å². The van der Waals surface area contributed by atoms with Gasteiger partial charge in [0.25, 0.3) is 5.91 Å². The zero-order chi connectivity index (χ0) is 16.9. The summed E-state index contributed by atoms with van der Waals surface area (Å²) in [4.78, 5) is 16.3. The summed E-state index contributed by atoms with van der Waals surface area (Å²) < 4.78 is 5.28. The van der Waals surface area contributed by atoms with Crippen molar-refractivity contribution in [3.8, 4) is 0 Å². The molecule has 0 unspecified atom stereocenters. The molecular formula is C18H20N4O2. The van der Waals surface area contributed by atoms with E-state index < -0.39 is 0 Å². The summed E-state index contributed by atoms with van der Waals surface area (Å²) in [6.45, 7) is 3.90. The minimum atomic E-state index is -0.312. The summed E-state index contributed by atoms with van der Waals surface area (Å²) in [6.07, 6.45) is 3.03. The highest BCUT2D eigenvalue weighted by atomic mass is 16.3. The van der Waals surface area contributed by atoms with E-state index in [9.17, 15) is 4.79 Å². The molecule has 0 radical (unpaired) electrons. The number of H-pyrrole nitrogens is 1. The smallest absolute Gasteiger partial charge is 0.279 e. The number of carbonyl (C=O) groups excluding carboxylic acids is 1. The number of anilines is 1. The minimum absolute atomic E-state index is 0.0915. The molecule has 3 aromatic rings. The number of aryl methyl sites for hydroxylation is 2. The van der Waals surface area contributed by atoms with E-state index in [4.69, 9.17) is 4.42 Å². The van der Waals surface area contributed by atoms with Crippen LogP contribution in [0, 0.1) is 0 Å². The van der Waals surface area contributed by atoms with E-state index in [2.05, 4.69) is 32.6 Å². The molecule has 0 spiro atoms. The summed E-state index contributed by atoms with van der Waals surface area (Å²) in [5.41, 5.74) is 2.54. The number of oxazole rings is 1. The van der Waals surface area contributed by atoms with Crippen LogP contribution in [0.25, 0.3) is 0 Å². The summed E-state index contributed by atoms with van der Waals surface area (Å²) in [5.74, 6) is 0.843. The Labute approximate surface area is 140 Å². The van der Waals surface area contributed by atoms with Gasteiger partial charge in [-0.05, 0) is 18.4 Å². The first-order valence-electron chi connectivity index (χ1n) is 7.96. The van der Waals surface area contributed by atoms with Gasteiger partial charge in [-0.25, -0.2) is 4.98 Å². The third-order valence-corrected chi connectivity index (χ3v) is 3.73. The monoisotopic (exact) mass is 324 g/mol. The molecule has 0 fully saturated rings. The van der Waals surface area contributed by atoms with Crippen LogP contribution < -0.4 is 5.32 Å². The number of aromatic amines is 1. The Morgan fingerprint density at radius 1 is 1.25 bits per heavy atom. The average molecular weight is 324 g/mol. The maximum Gasteiger partial charge on any atom is 0.279 e. The van der Waals surface area contributed by atoms with Gasteiger partial charge < -0.3 is 9.73 Å². The zero-order valence-corrected chi connectivity index (χ0v) is 13.7. The minimum Gasteiger partial charge on any atom is -0.447 e. The maximum atomic E-state index is 12.3. The first-order valence-corrected chi connectivity index (χ1v) is 7.96. The van der Waals surface area contributed by atoms with Crippen LogP contribution in [0.1, 0.15) is 47.3 Å². The van der Waals surface area contributed by atoms with Crippen molar-refractivity contribution >= 4 is 11.7 Å². The average Bonchev–Trinajstić information content (AvgIpc) is 3.23. The van der Waals surface area contributed by atoms with Crippen LogP contribution in [-0.4, -0.2) is 21.1 Å². The normalized spacial score (nSPS) is 11.0. The number of nitrogens with one attached hydrogen (secondary N) is 2. The van der Waals surface area contributed by atoms with E-state index in [1.54, 1.807) is 0 Å². The quantitative estimate of drug-likeness (QED) is 0.726. The number of amides is 1. The lowest BCUT2D eigenvalue weighted by molar-refractivity contribution is 0.102. The fourth-order valence-electron chi connectivity index (χ4n) is 2.49. The number of benzene rings is 1. The van der Waals surface area contributed by atoms with Crippen LogP contribution in [0.5, 0.6) is 0 Å². The Balaban J connectivity index is 1.61. The molecule has 2 heterocycles.